The fourth-order valence-electron chi connectivity index (χ4n) is 1.28. The quantitative estimate of drug-likeness (QED) is 0.753. The van der Waals surface area contributed by atoms with E-state index in [1.807, 2.05) is 0 Å². The molecule has 1 saturated carbocycles. The fraction of sp³-hybridized carbons (Fsp3) is 0.333. The molecule has 1 aromatic rings. The van der Waals surface area contributed by atoms with E-state index in [1.54, 1.807) is 0 Å². The van der Waals surface area contributed by atoms with Crippen molar-refractivity contribution >= 4 is 15.9 Å². The molecule has 1 aromatic heterocycles. The Balaban J connectivity index is 2.35. The normalized spacial score (nSPS) is 15.8. The highest BCUT2D eigenvalue weighted by atomic mass is 32.2. The Kier molecular flexibility index (Phi) is 2.64. The minimum absolute atomic E-state index is 0.00287. The van der Waals surface area contributed by atoms with E-state index in [1.165, 1.54) is 18.3 Å². The van der Waals surface area contributed by atoms with Crippen LogP contribution in [0.2, 0.25) is 0 Å². The summed E-state index contributed by atoms with van der Waals surface area (Å²) in [5, 5.41) is 7.27. The van der Waals surface area contributed by atoms with Crippen molar-refractivity contribution in [1.29, 1.82) is 0 Å². The predicted molar refractivity (Wildman–Crippen MR) is 56.1 cm³/mol. The number of hydrogen-bond donors (Lipinski definition) is 2. The largest absolute Gasteiger partial charge is 0.349 e. The molecule has 0 aliphatic heterocycles. The molecular formula is C9H11N3O3S. The summed E-state index contributed by atoms with van der Waals surface area (Å²) in [6, 6.07) is 3.04. The van der Waals surface area contributed by atoms with Crippen molar-refractivity contribution in [1.82, 2.24) is 10.3 Å². The van der Waals surface area contributed by atoms with Crippen LogP contribution >= 0.6 is 0 Å². The predicted octanol–water partition coefficient (Wildman–Crippen LogP) is -0.379. The molecule has 0 bridgehead atoms. The van der Waals surface area contributed by atoms with Crippen LogP contribution < -0.4 is 10.5 Å². The molecule has 1 aliphatic rings. The van der Waals surface area contributed by atoms with Gasteiger partial charge in [0.15, 0.2) is 5.03 Å². The maximum absolute atomic E-state index is 11.7. The van der Waals surface area contributed by atoms with E-state index in [0.29, 0.717) is 0 Å². The van der Waals surface area contributed by atoms with E-state index < -0.39 is 15.9 Å². The average Bonchev–Trinajstić information content (AvgIpc) is 3.00. The molecule has 1 amide bonds. The van der Waals surface area contributed by atoms with Gasteiger partial charge in [0.05, 0.1) is 5.56 Å². The van der Waals surface area contributed by atoms with E-state index in [-0.39, 0.29) is 16.6 Å². The first-order chi connectivity index (χ1) is 7.48. The molecule has 16 heavy (non-hydrogen) atoms. The lowest BCUT2D eigenvalue weighted by molar-refractivity contribution is 0.0947. The smallest absolute Gasteiger partial charge is 0.256 e. The van der Waals surface area contributed by atoms with Crippen LogP contribution in [-0.4, -0.2) is 25.4 Å². The van der Waals surface area contributed by atoms with Crippen molar-refractivity contribution in [3.8, 4) is 0 Å². The number of nitrogens with two attached hydrogens (primary N) is 1. The Labute approximate surface area is 92.9 Å². The second-order valence-electron chi connectivity index (χ2n) is 3.65. The Bertz CT molecular complexity index is 523. The number of primary sulfonamides is 1. The lowest BCUT2D eigenvalue weighted by atomic mass is 10.2. The van der Waals surface area contributed by atoms with Crippen LogP contribution in [0.3, 0.4) is 0 Å². The van der Waals surface area contributed by atoms with Crippen molar-refractivity contribution in [3.05, 3.63) is 23.9 Å². The lowest BCUT2D eigenvalue weighted by Crippen LogP contribution is -2.28. The van der Waals surface area contributed by atoms with E-state index in [4.69, 9.17) is 5.14 Å². The summed E-state index contributed by atoms with van der Waals surface area (Å²) in [7, 11) is -3.97. The van der Waals surface area contributed by atoms with Crippen molar-refractivity contribution in [2.45, 2.75) is 23.9 Å². The summed E-state index contributed by atoms with van der Waals surface area (Å²) < 4.78 is 22.4. The first kappa shape index (κ1) is 11.0. The molecule has 7 heteroatoms. The SMILES string of the molecule is NS(=O)(=O)c1ncccc1C(=O)NC1CC1. The second kappa shape index (κ2) is 3.84. The van der Waals surface area contributed by atoms with Gasteiger partial charge in [-0.15, -0.1) is 0 Å². The highest BCUT2D eigenvalue weighted by Crippen LogP contribution is 2.20. The number of nitrogens with one attached hydrogen (secondary N) is 1. The molecule has 0 spiro atoms. The van der Waals surface area contributed by atoms with Crippen LogP contribution in [0, 0.1) is 0 Å². The monoisotopic (exact) mass is 241 g/mol. The third-order valence-electron chi connectivity index (χ3n) is 2.20. The number of aromatic nitrogens is 1. The molecule has 1 aliphatic carbocycles. The molecule has 3 N–H and O–H groups in total. The van der Waals surface area contributed by atoms with Crippen LogP contribution in [0.1, 0.15) is 23.2 Å². The zero-order chi connectivity index (χ0) is 11.8. The number of pyridine rings is 1. The van der Waals surface area contributed by atoms with Gasteiger partial charge in [-0.3, -0.25) is 4.79 Å². The standard InChI is InChI=1S/C9H11N3O3S/c10-16(14,15)9-7(2-1-5-11-9)8(13)12-6-3-4-6/h1-2,5-6H,3-4H2,(H,12,13)(H2,10,14,15). The van der Waals surface area contributed by atoms with Crippen LogP contribution in [0.4, 0.5) is 0 Å². The summed E-state index contributed by atoms with van der Waals surface area (Å²) in [4.78, 5) is 15.3. The van der Waals surface area contributed by atoms with Gasteiger partial charge in [0, 0.05) is 12.2 Å². The number of nitrogens with zero attached hydrogens (tertiary/aromatic N) is 1. The van der Waals surface area contributed by atoms with Gasteiger partial charge in [-0.2, -0.15) is 0 Å². The molecule has 0 radical (unpaired) electrons. The summed E-state index contributed by atoms with van der Waals surface area (Å²) in [6.07, 6.45) is 3.14. The molecule has 0 unspecified atom stereocenters. The minimum Gasteiger partial charge on any atom is -0.349 e. The molecule has 0 aromatic carbocycles. The molecule has 0 atom stereocenters. The molecule has 0 saturated heterocycles. The van der Waals surface area contributed by atoms with Gasteiger partial charge in [0.1, 0.15) is 0 Å². The molecule has 2 rings (SSSR count). The van der Waals surface area contributed by atoms with Gasteiger partial charge in [0.2, 0.25) is 0 Å². The van der Waals surface area contributed by atoms with Crippen LogP contribution in [0.15, 0.2) is 23.4 Å². The number of carbonyl (C=O) groups excluding carboxylic acids is 1. The summed E-state index contributed by atoms with van der Waals surface area (Å²) >= 11 is 0. The fourth-order valence-corrected chi connectivity index (χ4v) is 1.96. The summed E-state index contributed by atoms with van der Waals surface area (Å²) in [6.45, 7) is 0. The van der Waals surface area contributed by atoms with Gasteiger partial charge >= 0.3 is 0 Å². The van der Waals surface area contributed by atoms with Crippen molar-refractivity contribution in [3.63, 3.8) is 0 Å². The van der Waals surface area contributed by atoms with E-state index in [9.17, 15) is 13.2 Å². The molecule has 1 fully saturated rings. The number of carbonyl (C=O) groups is 1. The van der Waals surface area contributed by atoms with E-state index in [2.05, 4.69) is 10.3 Å². The third kappa shape index (κ3) is 2.37. The van der Waals surface area contributed by atoms with Crippen LogP contribution in [0.5, 0.6) is 0 Å². The van der Waals surface area contributed by atoms with Gasteiger partial charge in [-0.25, -0.2) is 18.5 Å². The number of amides is 1. The molecule has 86 valence electrons. The average molecular weight is 241 g/mol. The first-order valence-electron chi connectivity index (χ1n) is 4.77. The van der Waals surface area contributed by atoms with E-state index >= 15 is 0 Å². The summed E-state index contributed by atoms with van der Waals surface area (Å²) in [5.74, 6) is -0.445. The van der Waals surface area contributed by atoms with Crippen LogP contribution in [0.25, 0.3) is 0 Å². The topological polar surface area (TPSA) is 102 Å². The van der Waals surface area contributed by atoms with Crippen molar-refractivity contribution in [2.75, 3.05) is 0 Å². The van der Waals surface area contributed by atoms with Crippen molar-refractivity contribution < 1.29 is 13.2 Å². The zero-order valence-electron chi connectivity index (χ0n) is 8.38. The number of hydrogen-bond acceptors (Lipinski definition) is 4. The maximum atomic E-state index is 11.7. The Hall–Kier alpha value is -1.47. The highest BCUT2D eigenvalue weighted by Gasteiger charge is 2.27. The minimum atomic E-state index is -3.97. The lowest BCUT2D eigenvalue weighted by Gasteiger charge is -2.06. The van der Waals surface area contributed by atoms with Gasteiger partial charge < -0.3 is 5.32 Å². The Morgan fingerprint density at radius 2 is 2.19 bits per heavy atom. The highest BCUT2D eigenvalue weighted by molar-refractivity contribution is 7.89. The van der Waals surface area contributed by atoms with Crippen LogP contribution in [-0.2, 0) is 10.0 Å². The molecule has 6 nitrogen and oxygen atoms in total. The molecular weight excluding hydrogens is 230 g/mol. The summed E-state index contributed by atoms with van der Waals surface area (Å²) in [5.41, 5.74) is -0.00287. The Morgan fingerprint density at radius 3 is 2.75 bits per heavy atom. The van der Waals surface area contributed by atoms with Gasteiger partial charge in [-0.1, -0.05) is 0 Å². The van der Waals surface area contributed by atoms with E-state index in [0.717, 1.165) is 12.8 Å². The Morgan fingerprint density at radius 1 is 1.50 bits per heavy atom. The second-order valence-corrected chi connectivity index (χ2v) is 5.13. The third-order valence-corrected chi connectivity index (χ3v) is 3.06. The zero-order valence-corrected chi connectivity index (χ0v) is 9.20. The number of rotatable bonds is 3. The number of sulfonamides is 1. The maximum Gasteiger partial charge on any atom is 0.256 e. The van der Waals surface area contributed by atoms with Gasteiger partial charge in [-0.05, 0) is 25.0 Å². The van der Waals surface area contributed by atoms with Gasteiger partial charge in [0.25, 0.3) is 15.9 Å². The first-order valence-corrected chi connectivity index (χ1v) is 6.32. The molecule has 1 heterocycles. The van der Waals surface area contributed by atoms with Crippen molar-refractivity contribution in [2.24, 2.45) is 5.14 Å².